The van der Waals surface area contributed by atoms with Gasteiger partial charge >= 0.3 is 0 Å². The van der Waals surface area contributed by atoms with Gasteiger partial charge in [0, 0.05) is 23.4 Å². The van der Waals surface area contributed by atoms with Crippen LogP contribution in [0.5, 0.6) is 0 Å². The summed E-state index contributed by atoms with van der Waals surface area (Å²) in [5, 5.41) is 0. The molecule has 0 aromatic heterocycles. The molecule has 48 heavy (non-hydrogen) atoms. The second-order valence-corrected chi connectivity index (χ2v) is 12.8. The molecule has 0 saturated carbocycles. The van der Waals surface area contributed by atoms with Crippen molar-refractivity contribution in [2.24, 2.45) is 4.99 Å². The molecule has 5 aromatic carbocycles. The number of allylic oxidation sites excluding steroid dienone is 6. The Morgan fingerprint density at radius 2 is 1.48 bits per heavy atom. The van der Waals surface area contributed by atoms with Gasteiger partial charge in [-0.3, -0.25) is 4.99 Å². The lowest BCUT2D eigenvalue weighted by molar-refractivity contribution is 0.763. The van der Waals surface area contributed by atoms with E-state index in [1.54, 1.807) is 0 Å². The van der Waals surface area contributed by atoms with Crippen LogP contribution in [0.25, 0.3) is 27.8 Å². The molecular formula is C46H38N2. The third-order valence-electron chi connectivity index (χ3n) is 9.84. The number of aliphatic imine (C=N–C) groups is 1. The molecule has 1 aliphatic heterocycles. The predicted molar refractivity (Wildman–Crippen MR) is 204 cm³/mol. The molecule has 3 aliphatic rings. The Labute approximate surface area is 284 Å². The highest BCUT2D eigenvalue weighted by Crippen LogP contribution is 2.44. The van der Waals surface area contributed by atoms with Crippen LogP contribution in [-0.2, 0) is 12.8 Å². The van der Waals surface area contributed by atoms with Gasteiger partial charge in [-0.2, -0.15) is 0 Å². The summed E-state index contributed by atoms with van der Waals surface area (Å²) in [6.45, 7) is 6.52. The van der Waals surface area contributed by atoms with Gasteiger partial charge in [0.05, 0.1) is 17.4 Å². The fourth-order valence-electron chi connectivity index (χ4n) is 7.43. The number of fused-ring (bicyclic) bond motifs is 4. The van der Waals surface area contributed by atoms with Crippen LogP contribution in [-0.4, -0.2) is 11.8 Å². The van der Waals surface area contributed by atoms with E-state index in [0.717, 1.165) is 42.0 Å². The Morgan fingerprint density at radius 1 is 0.729 bits per heavy atom. The number of nitrogens with zero attached hydrogens (tertiary/aromatic N) is 2. The molecule has 232 valence electrons. The van der Waals surface area contributed by atoms with E-state index in [1.165, 1.54) is 55.6 Å². The number of hydrogen-bond donors (Lipinski definition) is 0. The Morgan fingerprint density at radius 3 is 2.25 bits per heavy atom. The summed E-state index contributed by atoms with van der Waals surface area (Å²) < 4.78 is 0. The first-order chi connectivity index (χ1) is 23.7. The SMILES string of the molecule is C=C/C(=C\C=C(/C)c1ccc(C2=Nc3ccccc3C2)c2c1Cc1ccccc1-2)N(c1ccc(-c2ccccc2)cc1)C1C=CC=CC1. The van der Waals surface area contributed by atoms with Crippen LogP contribution in [0.2, 0.25) is 0 Å². The first kappa shape index (κ1) is 29.7. The fraction of sp³-hybridized carbons (Fsp3) is 0.109. The largest absolute Gasteiger partial charge is 0.334 e. The Hall–Kier alpha value is -5.73. The van der Waals surface area contributed by atoms with E-state index >= 15 is 0 Å². The maximum Gasteiger partial charge on any atom is 0.0669 e. The number of para-hydroxylation sites is 1. The third-order valence-corrected chi connectivity index (χ3v) is 9.84. The Balaban J connectivity index is 1.17. The molecule has 2 aliphatic carbocycles. The monoisotopic (exact) mass is 618 g/mol. The quantitative estimate of drug-likeness (QED) is 0.155. The van der Waals surface area contributed by atoms with Crippen molar-refractivity contribution >= 4 is 22.7 Å². The van der Waals surface area contributed by atoms with E-state index in [1.807, 2.05) is 6.08 Å². The Kier molecular flexibility index (Phi) is 7.92. The lowest BCUT2D eigenvalue weighted by atomic mass is 9.89. The van der Waals surface area contributed by atoms with E-state index in [4.69, 9.17) is 4.99 Å². The summed E-state index contributed by atoms with van der Waals surface area (Å²) in [7, 11) is 0. The normalized spacial score (nSPS) is 16.3. The fourth-order valence-corrected chi connectivity index (χ4v) is 7.43. The van der Waals surface area contributed by atoms with Crippen molar-refractivity contribution in [2.75, 3.05) is 4.90 Å². The highest BCUT2D eigenvalue weighted by Gasteiger charge is 2.28. The zero-order chi connectivity index (χ0) is 32.5. The van der Waals surface area contributed by atoms with Gasteiger partial charge < -0.3 is 4.90 Å². The molecule has 1 heterocycles. The molecule has 1 atom stereocenters. The number of rotatable bonds is 8. The van der Waals surface area contributed by atoms with Crippen molar-refractivity contribution in [1.29, 1.82) is 0 Å². The van der Waals surface area contributed by atoms with Gasteiger partial charge in [-0.25, -0.2) is 0 Å². The van der Waals surface area contributed by atoms with Crippen LogP contribution >= 0.6 is 0 Å². The minimum absolute atomic E-state index is 0.199. The van der Waals surface area contributed by atoms with Crippen LogP contribution in [0.15, 0.2) is 175 Å². The maximum absolute atomic E-state index is 5.10. The summed E-state index contributed by atoms with van der Waals surface area (Å²) in [5.41, 5.74) is 17.4. The molecule has 8 rings (SSSR count). The molecule has 1 unspecified atom stereocenters. The zero-order valence-electron chi connectivity index (χ0n) is 27.3. The van der Waals surface area contributed by atoms with Crippen LogP contribution in [0.4, 0.5) is 11.4 Å². The summed E-state index contributed by atoms with van der Waals surface area (Å²) in [4.78, 5) is 7.51. The van der Waals surface area contributed by atoms with Gasteiger partial charge in [0.25, 0.3) is 0 Å². The van der Waals surface area contributed by atoms with Gasteiger partial charge in [0.1, 0.15) is 0 Å². The van der Waals surface area contributed by atoms with E-state index in [9.17, 15) is 0 Å². The smallest absolute Gasteiger partial charge is 0.0669 e. The van der Waals surface area contributed by atoms with E-state index in [2.05, 4.69) is 170 Å². The number of hydrogen-bond acceptors (Lipinski definition) is 2. The van der Waals surface area contributed by atoms with Gasteiger partial charge in [0.15, 0.2) is 0 Å². The molecule has 2 heteroatoms. The van der Waals surface area contributed by atoms with E-state index in [-0.39, 0.29) is 6.04 Å². The molecule has 0 spiro atoms. The van der Waals surface area contributed by atoms with Crippen molar-refractivity contribution in [2.45, 2.75) is 32.2 Å². The van der Waals surface area contributed by atoms with E-state index in [0.29, 0.717) is 0 Å². The molecule has 5 aromatic rings. The topological polar surface area (TPSA) is 15.6 Å². The molecule has 0 bridgehead atoms. The average Bonchev–Trinajstić information content (AvgIpc) is 3.76. The maximum atomic E-state index is 5.10. The van der Waals surface area contributed by atoms with Crippen molar-refractivity contribution in [1.82, 2.24) is 0 Å². The molecular weight excluding hydrogens is 581 g/mol. The first-order valence-corrected chi connectivity index (χ1v) is 16.9. The average molecular weight is 619 g/mol. The van der Waals surface area contributed by atoms with Crippen LogP contribution in [0.3, 0.4) is 0 Å². The molecule has 2 nitrogen and oxygen atoms in total. The molecule has 0 fully saturated rings. The molecule has 0 saturated heterocycles. The highest BCUT2D eigenvalue weighted by molar-refractivity contribution is 6.12. The molecule has 0 N–H and O–H groups in total. The van der Waals surface area contributed by atoms with Crippen LogP contribution in [0.1, 0.15) is 41.2 Å². The third kappa shape index (κ3) is 5.50. The summed E-state index contributed by atoms with van der Waals surface area (Å²) >= 11 is 0. The van der Waals surface area contributed by atoms with E-state index < -0.39 is 0 Å². The Bertz CT molecular complexity index is 2170. The molecule has 0 radical (unpaired) electrons. The second-order valence-electron chi connectivity index (χ2n) is 12.8. The summed E-state index contributed by atoms with van der Waals surface area (Å²) in [5.74, 6) is 0. The zero-order valence-corrected chi connectivity index (χ0v) is 27.3. The lowest BCUT2D eigenvalue weighted by Gasteiger charge is -2.33. The van der Waals surface area contributed by atoms with Crippen molar-refractivity contribution < 1.29 is 0 Å². The second kappa shape index (κ2) is 12.8. The summed E-state index contributed by atoms with van der Waals surface area (Å²) in [6.07, 6.45) is 18.0. The van der Waals surface area contributed by atoms with Crippen molar-refractivity contribution in [3.63, 3.8) is 0 Å². The van der Waals surface area contributed by atoms with Gasteiger partial charge in [-0.15, -0.1) is 0 Å². The molecule has 0 amide bonds. The number of benzene rings is 5. The van der Waals surface area contributed by atoms with Gasteiger partial charge in [-0.05, 0) is 100 Å². The van der Waals surface area contributed by atoms with Crippen LogP contribution < -0.4 is 4.90 Å². The van der Waals surface area contributed by atoms with Gasteiger partial charge in [0.2, 0.25) is 0 Å². The summed E-state index contributed by atoms with van der Waals surface area (Å²) in [6, 6.07) is 41.7. The minimum Gasteiger partial charge on any atom is -0.334 e. The van der Waals surface area contributed by atoms with Gasteiger partial charge in [-0.1, -0.05) is 134 Å². The lowest BCUT2D eigenvalue weighted by Crippen LogP contribution is -2.33. The van der Waals surface area contributed by atoms with Crippen molar-refractivity contribution in [3.8, 4) is 22.3 Å². The minimum atomic E-state index is 0.199. The van der Waals surface area contributed by atoms with Crippen LogP contribution in [0, 0.1) is 0 Å². The standard InChI is InChI=1S/C46H38N2/c1-3-37(48(38-18-8-5-9-19-38)39-26-23-34(24-27-39)33-14-6-4-7-15-33)25-22-32(2)40-28-29-42(45-31-36-17-11-13-21-44(36)47-45)46-41-20-12-10-16-35(41)30-43(40)46/h3-18,20-29,38H,1,19,30-31H2,2H3/b32-22+,37-25+. The number of anilines is 1. The highest BCUT2D eigenvalue weighted by atomic mass is 15.2. The van der Waals surface area contributed by atoms with Crippen molar-refractivity contribution in [3.05, 3.63) is 198 Å². The first-order valence-electron chi connectivity index (χ1n) is 16.9. The predicted octanol–water partition coefficient (Wildman–Crippen LogP) is 11.5.